The number of carbonyl (C=O) groups excluding carboxylic acids is 4. The predicted molar refractivity (Wildman–Crippen MR) is 86.3 cm³/mol. The van der Waals surface area contributed by atoms with Crippen LogP contribution in [-0.4, -0.2) is 34.2 Å². The van der Waals surface area contributed by atoms with Crippen molar-refractivity contribution in [3.8, 4) is 0 Å². The normalized spacial score (nSPS) is 8.29. The van der Waals surface area contributed by atoms with Crippen molar-refractivity contribution in [3.63, 3.8) is 0 Å². The third-order valence-electron chi connectivity index (χ3n) is 1.27. The summed E-state index contributed by atoms with van der Waals surface area (Å²) in [5, 5.41) is -0.177. The molecule has 0 aliphatic rings. The Bertz CT molecular complexity index is 319. The Hall–Kier alpha value is -0.730. The van der Waals surface area contributed by atoms with Crippen LogP contribution in [0.5, 0.6) is 0 Å². The van der Waals surface area contributed by atoms with E-state index in [9.17, 15) is 19.2 Å². The molecule has 0 aliphatic carbocycles. The summed E-state index contributed by atoms with van der Waals surface area (Å²) in [4.78, 5) is 40.1. The molecular weight excluding hydrogens is 340 g/mol. The molecule has 0 spiro atoms. The molecule has 0 amide bonds. The highest BCUT2D eigenvalue weighted by molar-refractivity contribution is 8.13. The molecule has 0 aromatic heterocycles. The van der Waals surface area contributed by atoms with E-state index in [0.29, 0.717) is 12.8 Å². The summed E-state index contributed by atoms with van der Waals surface area (Å²) in [6.07, 6.45) is 0.755. The van der Waals surface area contributed by atoms with Crippen LogP contribution in [0.15, 0.2) is 0 Å². The Balaban J connectivity index is -0.000000256. The van der Waals surface area contributed by atoms with Gasteiger partial charge in [-0.05, 0) is 11.8 Å². The maximum Gasteiger partial charge on any atom is 0.306 e. The number of rotatable bonds is 5. The van der Waals surface area contributed by atoms with Gasteiger partial charge in [0.25, 0.3) is 0 Å². The van der Waals surface area contributed by atoms with E-state index in [2.05, 4.69) is 22.1 Å². The van der Waals surface area contributed by atoms with Gasteiger partial charge in [0.15, 0.2) is 16.3 Å². The van der Waals surface area contributed by atoms with Gasteiger partial charge in [-0.15, -0.1) is 12.6 Å². The van der Waals surface area contributed by atoms with Crippen molar-refractivity contribution >= 4 is 58.2 Å². The van der Waals surface area contributed by atoms with Gasteiger partial charge < -0.3 is 9.47 Å². The molecule has 0 atom stereocenters. The maximum atomic E-state index is 10.4. The standard InChI is InChI=1S/C6H10O3S.C4H7ClO2.C2H4OS/c1-3-6(8)9-4-10-5(2)7;1-2-4(6)7-3-5;1-2(3)4/h3-4H2,1-2H3;2-3H2,1H3;1H3,(H,3,4). The summed E-state index contributed by atoms with van der Waals surface area (Å²) in [6, 6.07) is -0.0350. The van der Waals surface area contributed by atoms with E-state index in [1.54, 1.807) is 13.8 Å². The average molecular weight is 361 g/mol. The lowest BCUT2D eigenvalue weighted by atomic mass is 10.5. The molecule has 0 radical (unpaired) electrons. The van der Waals surface area contributed by atoms with Crippen LogP contribution in [0.25, 0.3) is 0 Å². The number of halogens is 1. The molecule has 0 fully saturated rings. The molecule has 0 aliphatic heterocycles. The number of carbonyl (C=O) groups is 4. The zero-order chi connectivity index (χ0) is 17.3. The fourth-order valence-electron chi connectivity index (χ4n) is 0.443. The number of alkyl halides is 1. The van der Waals surface area contributed by atoms with E-state index in [0.717, 1.165) is 11.8 Å². The van der Waals surface area contributed by atoms with Gasteiger partial charge in [0, 0.05) is 26.7 Å². The van der Waals surface area contributed by atoms with Crippen molar-refractivity contribution in [3.05, 3.63) is 0 Å². The minimum absolute atomic E-state index is 0.0350. The van der Waals surface area contributed by atoms with E-state index < -0.39 is 0 Å². The molecule has 0 aromatic rings. The number of thioether (sulfide) groups is 1. The molecule has 9 heteroatoms. The predicted octanol–water partition coefficient (Wildman–Crippen LogP) is 2.78. The van der Waals surface area contributed by atoms with Gasteiger partial charge in [-0.2, -0.15) is 0 Å². The van der Waals surface area contributed by atoms with Crippen LogP contribution in [0.1, 0.15) is 40.5 Å². The first-order chi connectivity index (χ1) is 9.70. The highest BCUT2D eigenvalue weighted by Gasteiger charge is 1.98. The molecule has 0 heterocycles. The number of hydrogen-bond acceptors (Lipinski definition) is 7. The van der Waals surface area contributed by atoms with Crippen LogP contribution in [0.4, 0.5) is 0 Å². The number of ether oxygens (including phenoxy) is 2. The molecule has 0 rings (SSSR count). The largest absolute Gasteiger partial charge is 0.454 e. The second kappa shape index (κ2) is 19.3. The molecule has 0 saturated heterocycles. The van der Waals surface area contributed by atoms with Crippen molar-refractivity contribution in [1.82, 2.24) is 0 Å². The van der Waals surface area contributed by atoms with Gasteiger partial charge in [-0.3, -0.25) is 19.2 Å². The minimum atomic E-state index is -0.270. The van der Waals surface area contributed by atoms with E-state index in [-0.39, 0.29) is 34.2 Å². The first-order valence-corrected chi connectivity index (χ1v) is 7.87. The van der Waals surface area contributed by atoms with Gasteiger partial charge in [0.05, 0.1) is 0 Å². The highest BCUT2D eigenvalue weighted by atomic mass is 35.5. The van der Waals surface area contributed by atoms with Gasteiger partial charge in [0.1, 0.15) is 5.94 Å². The van der Waals surface area contributed by atoms with E-state index in [4.69, 9.17) is 11.6 Å². The Morgan fingerprint density at radius 3 is 1.62 bits per heavy atom. The van der Waals surface area contributed by atoms with Gasteiger partial charge in [-0.1, -0.05) is 25.4 Å². The fraction of sp³-hybridized carbons (Fsp3) is 0.667. The highest BCUT2D eigenvalue weighted by Crippen LogP contribution is 2.01. The molecule has 6 nitrogen and oxygen atoms in total. The van der Waals surface area contributed by atoms with Crippen LogP contribution in [0.2, 0.25) is 0 Å². The Labute approximate surface area is 139 Å². The third-order valence-corrected chi connectivity index (χ3v) is 2.03. The topological polar surface area (TPSA) is 86.7 Å². The summed E-state index contributed by atoms with van der Waals surface area (Å²) in [6.45, 7) is 6.25. The second-order valence-corrected chi connectivity index (χ2v) is 5.07. The summed E-state index contributed by atoms with van der Waals surface area (Å²) in [5.41, 5.74) is 0. The van der Waals surface area contributed by atoms with E-state index >= 15 is 0 Å². The first kappa shape index (κ1) is 25.2. The fourth-order valence-corrected chi connectivity index (χ4v) is 0.921. The van der Waals surface area contributed by atoms with Gasteiger partial charge in [-0.25, -0.2) is 0 Å². The molecule has 0 aromatic carbocycles. The third kappa shape index (κ3) is 38.2. The maximum absolute atomic E-state index is 10.4. The molecule has 0 unspecified atom stereocenters. The molecule has 0 bridgehead atoms. The summed E-state index contributed by atoms with van der Waals surface area (Å²) in [5.74, 6) is -0.383. The summed E-state index contributed by atoms with van der Waals surface area (Å²) < 4.78 is 8.92. The quantitative estimate of drug-likeness (QED) is 0.349. The number of esters is 2. The Kier molecular flexibility index (Phi) is 23.2. The summed E-state index contributed by atoms with van der Waals surface area (Å²) >= 11 is 9.35. The van der Waals surface area contributed by atoms with Crippen molar-refractivity contribution < 1.29 is 28.7 Å². The lowest BCUT2D eigenvalue weighted by Crippen LogP contribution is -2.02. The Morgan fingerprint density at radius 2 is 1.38 bits per heavy atom. The van der Waals surface area contributed by atoms with Crippen LogP contribution < -0.4 is 0 Å². The number of hydrogen-bond donors (Lipinski definition) is 1. The monoisotopic (exact) mass is 360 g/mol. The van der Waals surface area contributed by atoms with Crippen LogP contribution in [-0.2, 0) is 28.7 Å². The molecule has 124 valence electrons. The molecule has 0 saturated carbocycles. The minimum Gasteiger partial charge on any atom is -0.454 e. The van der Waals surface area contributed by atoms with Crippen molar-refractivity contribution in [2.75, 3.05) is 12.0 Å². The second-order valence-electron chi connectivity index (χ2n) is 3.12. The number of thiol groups is 1. The van der Waals surface area contributed by atoms with Crippen molar-refractivity contribution in [2.45, 2.75) is 40.5 Å². The van der Waals surface area contributed by atoms with Crippen molar-refractivity contribution in [1.29, 1.82) is 0 Å². The Morgan fingerprint density at radius 1 is 1.00 bits per heavy atom. The van der Waals surface area contributed by atoms with Crippen LogP contribution in [0.3, 0.4) is 0 Å². The van der Waals surface area contributed by atoms with Gasteiger partial charge >= 0.3 is 11.9 Å². The first-order valence-electron chi connectivity index (χ1n) is 5.91. The van der Waals surface area contributed by atoms with E-state index in [1.165, 1.54) is 13.8 Å². The molecule has 21 heavy (non-hydrogen) atoms. The molecule has 0 N–H and O–H groups in total. The van der Waals surface area contributed by atoms with Crippen LogP contribution in [0, 0.1) is 0 Å². The lowest BCUT2D eigenvalue weighted by Gasteiger charge is -1.98. The van der Waals surface area contributed by atoms with Gasteiger partial charge in [0.2, 0.25) is 0 Å². The zero-order valence-electron chi connectivity index (χ0n) is 12.5. The zero-order valence-corrected chi connectivity index (χ0v) is 15.0. The van der Waals surface area contributed by atoms with Crippen LogP contribution >= 0.6 is 36.0 Å². The average Bonchev–Trinajstić information content (AvgIpc) is 2.38. The smallest absolute Gasteiger partial charge is 0.306 e. The van der Waals surface area contributed by atoms with E-state index in [1.807, 2.05) is 0 Å². The molecular formula is C12H21ClO6S2. The lowest BCUT2D eigenvalue weighted by molar-refractivity contribution is -0.142. The summed E-state index contributed by atoms with van der Waals surface area (Å²) in [7, 11) is 0. The SMILES string of the molecule is CC(=O)S.CCC(=O)OCCl.CCC(=O)OCSC(C)=O. The van der Waals surface area contributed by atoms with Crippen molar-refractivity contribution in [2.24, 2.45) is 0 Å².